The van der Waals surface area contributed by atoms with Crippen LogP contribution < -0.4 is 0 Å². The summed E-state index contributed by atoms with van der Waals surface area (Å²) in [7, 11) is 0. The van der Waals surface area contributed by atoms with Gasteiger partial charge in [-0.1, -0.05) is 26.2 Å². The summed E-state index contributed by atoms with van der Waals surface area (Å²) in [5.41, 5.74) is 0. The van der Waals surface area contributed by atoms with Gasteiger partial charge in [-0.05, 0) is 0 Å². The molecule has 0 nitrogen and oxygen atoms in total. The summed E-state index contributed by atoms with van der Waals surface area (Å²) in [6.07, 6.45) is 20.7. The summed E-state index contributed by atoms with van der Waals surface area (Å²) in [5.74, 6) is 0. The topological polar surface area (TPSA) is 0 Å². The van der Waals surface area contributed by atoms with Crippen LogP contribution >= 0.6 is 0 Å². The summed E-state index contributed by atoms with van der Waals surface area (Å²) in [6.45, 7) is 2.29. The van der Waals surface area contributed by atoms with Crippen molar-refractivity contribution in [2.75, 3.05) is 0 Å². The molecule has 0 aliphatic rings. The summed E-state index contributed by atoms with van der Waals surface area (Å²) >= 11 is 1.47. The Morgan fingerprint density at radius 2 is 0.765 bits per heavy atom. The third-order valence-electron chi connectivity index (χ3n) is 3.56. The van der Waals surface area contributed by atoms with Crippen LogP contribution in [0, 0.1) is 0 Å². The van der Waals surface area contributed by atoms with E-state index in [4.69, 9.17) is 0 Å². The second kappa shape index (κ2) is 16.8. The van der Waals surface area contributed by atoms with E-state index < -0.39 is 0 Å². The Balaban J connectivity index is 2.85. The fourth-order valence-electron chi connectivity index (χ4n) is 2.34. The van der Waals surface area contributed by atoms with Gasteiger partial charge in [0.05, 0.1) is 0 Å². The number of hydrogen-bond donors (Lipinski definition) is 0. The van der Waals surface area contributed by atoms with Crippen LogP contribution in [0.5, 0.6) is 0 Å². The van der Waals surface area contributed by atoms with Gasteiger partial charge in [0.2, 0.25) is 0 Å². The standard InChI is InChI=1S/C16H33.Sn.H/c1-3-5-7-9-11-13-15-16-14-12-10-8-6-4-2;;/h1,3-16H2,2H3;;. The molecule has 17 heavy (non-hydrogen) atoms. The maximum atomic E-state index is 2.29. The van der Waals surface area contributed by atoms with Crippen molar-refractivity contribution in [3.05, 3.63) is 0 Å². The fraction of sp³-hybridized carbons (Fsp3) is 1.00. The zero-order valence-corrected chi connectivity index (χ0v) is 15.5. The van der Waals surface area contributed by atoms with E-state index in [2.05, 4.69) is 6.92 Å². The first kappa shape index (κ1) is 17.8. The van der Waals surface area contributed by atoms with E-state index in [0.717, 1.165) is 0 Å². The van der Waals surface area contributed by atoms with E-state index in [-0.39, 0.29) is 0 Å². The zero-order valence-electron chi connectivity index (χ0n) is 12.2. The molecule has 0 saturated carbocycles. The Bertz CT molecular complexity index is 109. The summed E-state index contributed by atoms with van der Waals surface area (Å²) < 4.78 is 1.50. The van der Waals surface area contributed by atoms with Crippen LogP contribution in [0.1, 0.15) is 96.8 Å². The van der Waals surface area contributed by atoms with Gasteiger partial charge in [-0.3, -0.25) is 0 Å². The summed E-state index contributed by atoms with van der Waals surface area (Å²) in [5, 5.41) is 0. The molecule has 0 aromatic rings. The third-order valence-corrected chi connectivity index (χ3v) is 4.72. The van der Waals surface area contributed by atoms with E-state index in [9.17, 15) is 0 Å². The Hall–Kier alpha value is 0.799. The second-order valence-corrected chi connectivity index (χ2v) is 7.03. The molecule has 0 atom stereocenters. The molecule has 0 aliphatic carbocycles. The van der Waals surface area contributed by atoms with Crippen LogP contribution in [0.25, 0.3) is 0 Å². The molecule has 0 fully saturated rings. The van der Waals surface area contributed by atoms with Crippen molar-refractivity contribution in [1.82, 2.24) is 0 Å². The van der Waals surface area contributed by atoms with E-state index in [1.54, 1.807) is 0 Å². The van der Waals surface area contributed by atoms with Gasteiger partial charge < -0.3 is 0 Å². The van der Waals surface area contributed by atoms with Gasteiger partial charge in [0, 0.05) is 0 Å². The molecule has 0 rings (SSSR count). The van der Waals surface area contributed by atoms with Crippen LogP contribution in [0.2, 0.25) is 4.44 Å². The monoisotopic (exact) mass is 346 g/mol. The zero-order chi connectivity index (χ0) is 12.6. The first-order chi connectivity index (χ1) is 8.41. The summed E-state index contributed by atoms with van der Waals surface area (Å²) in [4.78, 5) is 0. The molecular formula is C16H34Sn. The summed E-state index contributed by atoms with van der Waals surface area (Å²) in [6, 6.07) is 0. The molecular weight excluding hydrogens is 311 g/mol. The van der Waals surface area contributed by atoms with Crippen molar-refractivity contribution < 1.29 is 0 Å². The van der Waals surface area contributed by atoms with E-state index in [1.165, 1.54) is 117 Å². The maximum absolute atomic E-state index is 2.29. The van der Waals surface area contributed by atoms with Gasteiger partial charge in [0.15, 0.2) is 0 Å². The predicted octanol–water partition coefficient (Wildman–Crippen LogP) is 5.79. The van der Waals surface area contributed by atoms with Gasteiger partial charge in [0.1, 0.15) is 0 Å². The normalized spacial score (nSPS) is 10.9. The van der Waals surface area contributed by atoms with E-state index in [0.29, 0.717) is 0 Å². The molecule has 102 valence electrons. The SMILES string of the molecule is CCCCCCCCCCCCCCC[CH2][SnH]. The Morgan fingerprint density at radius 1 is 0.471 bits per heavy atom. The number of hydrogen-bond acceptors (Lipinski definition) is 0. The minimum absolute atomic E-state index is 1.38. The molecule has 1 heteroatoms. The minimum atomic E-state index is 1.38. The average Bonchev–Trinajstić information content (AvgIpc) is 2.35. The van der Waals surface area contributed by atoms with Crippen molar-refractivity contribution in [2.24, 2.45) is 0 Å². The fourth-order valence-corrected chi connectivity index (χ4v) is 3.16. The number of rotatable bonds is 14. The molecule has 0 unspecified atom stereocenters. The van der Waals surface area contributed by atoms with Crippen LogP contribution in [0.4, 0.5) is 0 Å². The van der Waals surface area contributed by atoms with Crippen molar-refractivity contribution in [3.8, 4) is 0 Å². The van der Waals surface area contributed by atoms with Gasteiger partial charge in [-0.25, -0.2) is 0 Å². The average molecular weight is 345 g/mol. The van der Waals surface area contributed by atoms with Gasteiger partial charge in [-0.15, -0.1) is 0 Å². The predicted molar refractivity (Wildman–Crippen MR) is 82.3 cm³/mol. The van der Waals surface area contributed by atoms with Crippen molar-refractivity contribution >= 4 is 22.5 Å². The van der Waals surface area contributed by atoms with Gasteiger partial charge in [-0.2, -0.15) is 0 Å². The quantitative estimate of drug-likeness (QED) is 0.276. The van der Waals surface area contributed by atoms with Crippen LogP contribution in [0.3, 0.4) is 0 Å². The molecule has 0 aromatic heterocycles. The first-order valence-electron chi connectivity index (χ1n) is 8.12. The Kier molecular flexibility index (Phi) is 17.6. The van der Waals surface area contributed by atoms with Crippen molar-refractivity contribution in [3.63, 3.8) is 0 Å². The van der Waals surface area contributed by atoms with Crippen LogP contribution in [0.15, 0.2) is 0 Å². The first-order valence-corrected chi connectivity index (χ1v) is 10.4. The van der Waals surface area contributed by atoms with Crippen LogP contribution in [-0.4, -0.2) is 22.5 Å². The molecule has 0 saturated heterocycles. The van der Waals surface area contributed by atoms with E-state index in [1.807, 2.05) is 0 Å². The van der Waals surface area contributed by atoms with Crippen LogP contribution in [-0.2, 0) is 0 Å². The number of unbranched alkanes of at least 4 members (excludes halogenated alkanes) is 13. The molecule has 0 N–H and O–H groups in total. The molecule has 0 bridgehead atoms. The van der Waals surface area contributed by atoms with Crippen molar-refractivity contribution in [1.29, 1.82) is 0 Å². The van der Waals surface area contributed by atoms with E-state index >= 15 is 0 Å². The molecule has 0 aliphatic heterocycles. The second-order valence-electron chi connectivity index (χ2n) is 5.38. The molecule has 0 amide bonds. The Labute approximate surface area is 123 Å². The van der Waals surface area contributed by atoms with Crippen molar-refractivity contribution in [2.45, 2.75) is 101 Å². The molecule has 0 spiro atoms. The Morgan fingerprint density at radius 3 is 1.06 bits per heavy atom. The molecule has 0 aromatic carbocycles. The third kappa shape index (κ3) is 16.8. The van der Waals surface area contributed by atoms with Gasteiger partial charge >= 0.3 is 97.6 Å². The molecule has 2 radical (unpaired) electrons. The van der Waals surface area contributed by atoms with Gasteiger partial charge in [0.25, 0.3) is 0 Å². The molecule has 0 heterocycles.